The molecule has 3 nitrogen and oxygen atoms in total. The first kappa shape index (κ1) is 12.3. The predicted molar refractivity (Wildman–Crippen MR) is 69.2 cm³/mol. The summed E-state index contributed by atoms with van der Waals surface area (Å²) in [6.45, 7) is 4.31. The number of anilines is 1. The van der Waals surface area contributed by atoms with Crippen molar-refractivity contribution >= 4 is 26.7 Å². The van der Waals surface area contributed by atoms with Gasteiger partial charge in [0.05, 0.1) is 10.2 Å². The van der Waals surface area contributed by atoms with Crippen LogP contribution in [0.5, 0.6) is 0 Å². The van der Waals surface area contributed by atoms with E-state index in [4.69, 9.17) is 4.74 Å². The number of halogens is 1. The molecule has 0 saturated heterocycles. The van der Waals surface area contributed by atoms with Crippen molar-refractivity contribution in [3.63, 3.8) is 0 Å². The Bertz CT molecular complexity index is 486. The van der Waals surface area contributed by atoms with Crippen molar-refractivity contribution in [3.05, 3.63) is 24.0 Å². The molecule has 0 radical (unpaired) electrons. The fraction of sp³-hybridized carbons (Fsp3) is 0.417. The summed E-state index contributed by atoms with van der Waals surface area (Å²) in [6.07, 6.45) is 0.943. The number of hydrogen-bond donors (Lipinski definition) is 1. The Labute approximate surface area is 104 Å². The number of aromatic nitrogens is 1. The first-order valence-corrected chi connectivity index (χ1v) is 6.49. The Hall–Kier alpha value is -1.20. The first-order chi connectivity index (χ1) is 8.29. The number of nitrogens with zero attached hydrogens (tertiary/aromatic N) is 1. The molecule has 1 N–H and O–H groups in total. The van der Waals surface area contributed by atoms with Crippen molar-refractivity contribution in [2.75, 3.05) is 25.1 Å². The molecule has 0 bridgehead atoms. The van der Waals surface area contributed by atoms with Gasteiger partial charge in [0.1, 0.15) is 5.82 Å². The van der Waals surface area contributed by atoms with E-state index >= 15 is 0 Å². The van der Waals surface area contributed by atoms with Crippen LogP contribution in [0.25, 0.3) is 10.2 Å². The van der Waals surface area contributed by atoms with Crippen molar-refractivity contribution in [1.29, 1.82) is 0 Å². The molecule has 0 unspecified atom stereocenters. The third-order valence-corrected chi connectivity index (χ3v) is 3.27. The van der Waals surface area contributed by atoms with Gasteiger partial charge < -0.3 is 10.1 Å². The Balaban J connectivity index is 1.91. The summed E-state index contributed by atoms with van der Waals surface area (Å²) in [5.41, 5.74) is 0.837. The summed E-state index contributed by atoms with van der Waals surface area (Å²) >= 11 is 1.47. The first-order valence-electron chi connectivity index (χ1n) is 5.67. The van der Waals surface area contributed by atoms with Crippen LogP contribution in [0, 0.1) is 5.82 Å². The van der Waals surface area contributed by atoms with Crippen LogP contribution >= 0.6 is 11.3 Å². The third kappa shape index (κ3) is 3.38. The fourth-order valence-corrected chi connectivity index (χ4v) is 2.40. The molecule has 0 spiro atoms. The molecule has 0 amide bonds. The standard InChI is InChI=1S/C12H15FN2OS/c1-2-16-7-3-6-14-12-15-10-5-4-9(13)8-11(10)17-12/h4-5,8H,2-3,6-7H2,1H3,(H,14,15). The topological polar surface area (TPSA) is 34.1 Å². The SMILES string of the molecule is CCOCCCNc1nc2ccc(F)cc2s1. The number of ether oxygens (including phenoxy) is 1. The Morgan fingerprint density at radius 2 is 2.35 bits per heavy atom. The van der Waals surface area contributed by atoms with E-state index in [1.807, 2.05) is 6.92 Å². The van der Waals surface area contributed by atoms with Gasteiger partial charge in [0, 0.05) is 19.8 Å². The van der Waals surface area contributed by atoms with Gasteiger partial charge in [0.15, 0.2) is 5.13 Å². The molecule has 1 aromatic carbocycles. The highest BCUT2D eigenvalue weighted by molar-refractivity contribution is 7.22. The van der Waals surface area contributed by atoms with Gasteiger partial charge in [0.25, 0.3) is 0 Å². The van der Waals surface area contributed by atoms with Gasteiger partial charge in [-0.1, -0.05) is 11.3 Å². The second kappa shape index (κ2) is 5.93. The molecule has 2 rings (SSSR count). The lowest BCUT2D eigenvalue weighted by molar-refractivity contribution is 0.147. The zero-order valence-corrected chi connectivity index (χ0v) is 10.5. The highest BCUT2D eigenvalue weighted by atomic mass is 32.1. The van der Waals surface area contributed by atoms with E-state index in [1.54, 1.807) is 6.07 Å². The van der Waals surface area contributed by atoms with E-state index in [0.717, 1.165) is 41.5 Å². The van der Waals surface area contributed by atoms with E-state index in [-0.39, 0.29) is 5.82 Å². The summed E-state index contributed by atoms with van der Waals surface area (Å²) in [5.74, 6) is -0.218. The van der Waals surface area contributed by atoms with Gasteiger partial charge >= 0.3 is 0 Å². The lowest BCUT2D eigenvalue weighted by Crippen LogP contribution is -2.05. The van der Waals surface area contributed by atoms with Crippen LogP contribution in [0.4, 0.5) is 9.52 Å². The molecule has 1 aromatic heterocycles. The molecule has 17 heavy (non-hydrogen) atoms. The van der Waals surface area contributed by atoms with E-state index in [0.29, 0.717) is 0 Å². The van der Waals surface area contributed by atoms with Gasteiger partial charge in [-0.25, -0.2) is 9.37 Å². The minimum Gasteiger partial charge on any atom is -0.382 e. The lowest BCUT2D eigenvalue weighted by atomic mass is 10.3. The summed E-state index contributed by atoms with van der Waals surface area (Å²) in [7, 11) is 0. The van der Waals surface area contributed by atoms with Crippen molar-refractivity contribution in [1.82, 2.24) is 4.98 Å². The second-order valence-corrected chi connectivity index (χ2v) is 4.64. The number of benzene rings is 1. The van der Waals surface area contributed by atoms with Gasteiger partial charge in [-0.05, 0) is 31.5 Å². The Kier molecular flexibility index (Phi) is 4.28. The average molecular weight is 254 g/mol. The summed E-state index contributed by atoms with van der Waals surface area (Å²) in [4.78, 5) is 4.37. The van der Waals surface area contributed by atoms with E-state index in [1.165, 1.54) is 23.5 Å². The third-order valence-electron chi connectivity index (χ3n) is 2.30. The van der Waals surface area contributed by atoms with Crippen molar-refractivity contribution in [3.8, 4) is 0 Å². The summed E-state index contributed by atoms with van der Waals surface area (Å²) in [6, 6.07) is 4.64. The van der Waals surface area contributed by atoms with E-state index in [9.17, 15) is 4.39 Å². The van der Waals surface area contributed by atoms with Gasteiger partial charge in [-0.2, -0.15) is 0 Å². The monoisotopic (exact) mass is 254 g/mol. The van der Waals surface area contributed by atoms with Crippen LogP contribution in [0.15, 0.2) is 18.2 Å². The molecule has 1 heterocycles. The number of hydrogen-bond acceptors (Lipinski definition) is 4. The van der Waals surface area contributed by atoms with Crippen LogP contribution in [0.1, 0.15) is 13.3 Å². The van der Waals surface area contributed by atoms with Crippen LogP contribution < -0.4 is 5.32 Å². The molecule has 0 atom stereocenters. The predicted octanol–water partition coefficient (Wildman–Crippen LogP) is 3.27. The molecule has 0 aliphatic heterocycles. The number of nitrogens with one attached hydrogen (secondary N) is 1. The lowest BCUT2D eigenvalue weighted by Gasteiger charge is -2.01. The second-order valence-electron chi connectivity index (χ2n) is 3.61. The number of fused-ring (bicyclic) bond motifs is 1. The maximum absolute atomic E-state index is 13.0. The van der Waals surface area contributed by atoms with Gasteiger partial charge in [0.2, 0.25) is 0 Å². The Morgan fingerprint density at radius 3 is 3.18 bits per heavy atom. The van der Waals surface area contributed by atoms with Crippen molar-refractivity contribution in [2.24, 2.45) is 0 Å². The minimum atomic E-state index is -0.218. The minimum absolute atomic E-state index is 0.218. The molecule has 0 saturated carbocycles. The molecule has 0 fully saturated rings. The van der Waals surface area contributed by atoms with Crippen LogP contribution in [0.3, 0.4) is 0 Å². The average Bonchev–Trinajstić information content (AvgIpc) is 2.70. The summed E-state index contributed by atoms with van der Waals surface area (Å²) < 4.78 is 19.1. The quantitative estimate of drug-likeness (QED) is 0.803. The van der Waals surface area contributed by atoms with Gasteiger partial charge in [-0.15, -0.1) is 0 Å². The molecule has 0 aliphatic rings. The smallest absolute Gasteiger partial charge is 0.183 e. The maximum atomic E-state index is 13.0. The summed E-state index contributed by atoms with van der Waals surface area (Å²) in [5, 5.41) is 4.05. The van der Waals surface area contributed by atoms with Gasteiger partial charge in [-0.3, -0.25) is 0 Å². The van der Waals surface area contributed by atoms with Crippen LogP contribution in [-0.2, 0) is 4.74 Å². The van der Waals surface area contributed by atoms with Crippen molar-refractivity contribution < 1.29 is 9.13 Å². The Morgan fingerprint density at radius 1 is 1.47 bits per heavy atom. The highest BCUT2D eigenvalue weighted by Gasteiger charge is 2.03. The largest absolute Gasteiger partial charge is 0.382 e. The molecule has 92 valence electrons. The van der Waals surface area contributed by atoms with Crippen LogP contribution in [-0.4, -0.2) is 24.7 Å². The maximum Gasteiger partial charge on any atom is 0.183 e. The normalized spacial score (nSPS) is 10.9. The highest BCUT2D eigenvalue weighted by Crippen LogP contribution is 2.26. The molecule has 0 aliphatic carbocycles. The zero-order valence-electron chi connectivity index (χ0n) is 9.70. The van der Waals surface area contributed by atoms with Crippen LogP contribution in [0.2, 0.25) is 0 Å². The molecule has 5 heteroatoms. The van der Waals surface area contributed by atoms with E-state index < -0.39 is 0 Å². The number of rotatable bonds is 6. The van der Waals surface area contributed by atoms with Crippen molar-refractivity contribution in [2.45, 2.75) is 13.3 Å². The number of thiazole rings is 1. The van der Waals surface area contributed by atoms with E-state index in [2.05, 4.69) is 10.3 Å². The molecular weight excluding hydrogens is 239 g/mol. The molecule has 2 aromatic rings. The molecular formula is C12H15FN2OS. The zero-order chi connectivity index (χ0) is 12.1. The fourth-order valence-electron chi connectivity index (χ4n) is 1.49.